The quantitative estimate of drug-likeness (QED) is 0.716. The molecule has 0 spiro atoms. The van der Waals surface area contributed by atoms with Crippen molar-refractivity contribution in [3.63, 3.8) is 0 Å². The fourth-order valence-corrected chi connectivity index (χ4v) is 2.30. The van der Waals surface area contributed by atoms with Crippen molar-refractivity contribution in [2.45, 2.75) is 31.2 Å². The predicted octanol–water partition coefficient (Wildman–Crippen LogP) is 1.92. The molecule has 0 bridgehead atoms. The number of amides is 1. The maximum atomic E-state index is 11.8. The van der Waals surface area contributed by atoms with Crippen molar-refractivity contribution in [3.8, 4) is 5.75 Å². The largest absolute Gasteiger partial charge is 0.508 e. The number of phenols is 1. The summed E-state index contributed by atoms with van der Waals surface area (Å²) in [6.07, 6.45) is 5.33. The first kappa shape index (κ1) is 14.1. The number of carbonyl (C=O) groups excluding carboxylic acids is 1. The first-order chi connectivity index (χ1) is 9.49. The first-order valence-electron chi connectivity index (χ1n) is 6.50. The van der Waals surface area contributed by atoms with E-state index >= 15 is 0 Å². The smallest absolute Gasteiger partial charge is 0.305 e. The second kappa shape index (κ2) is 5.77. The molecule has 0 atom stereocenters. The third-order valence-electron chi connectivity index (χ3n) is 3.51. The topological polar surface area (TPSA) is 86.6 Å². The molecule has 1 fully saturated rings. The van der Waals surface area contributed by atoms with Gasteiger partial charge in [-0.3, -0.25) is 9.59 Å². The maximum absolute atomic E-state index is 11.8. The minimum Gasteiger partial charge on any atom is -0.508 e. The molecule has 0 unspecified atom stereocenters. The Balaban J connectivity index is 1.94. The molecule has 1 saturated carbocycles. The Morgan fingerprint density at radius 1 is 1.25 bits per heavy atom. The zero-order chi connectivity index (χ0) is 14.6. The van der Waals surface area contributed by atoms with Crippen molar-refractivity contribution >= 4 is 18.0 Å². The lowest BCUT2D eigenvalue weighted by Crippen LogP contribution is -2.54. The van der Waals surface area contributed by atoms with Crippen molar-refractivity contribution in [1.29, 1.82) is 0 Å². The Labute approximate surface area is 116 Å². The van der Waals surface area contributed by atoms with E-state index in [2.05, 4.69) is 5.32 Å². The number of hydrogen-bond donors (Lipinski definition) is 3. The molecule has 106 valence electrons. The van der Waals surface area contributed by atoms with Crippen LogP contribution in [0.25, 0.3) is 6.08 Å². The molecule has 5 heteroatoms. The molecule has 0 heterocycles. The van der Waals surface area contributed by atoms with E-state index in [1.54, 1.807) is 18.2 Å². The molecule has 20 heavy (non-hydrogen) atoms. The zero-order valence-corrected chi connectivity index (χ0v) is 11.0. The van der Waals surface area contributed by atoms with Crippen LogP contribution in [-0.2, 0) is 9.59 Å². The summed E-state index contributed by atoms with van der Waals surface area (Å²) >= 11 is 0. The number of rotatable bonds is 5. The Hall–Kier alpha value is -2.30. The molecular formula is C15H17NO4. The normalized spacial score (nSPS) is 16.6. The molecule has 5 nitrogen and oxygen atoms in total. The van der Waals surface area contributed by atoms with Gasteiger partial charge in [-0.15, -0.1) is 0 Å². The lowest BCUT2D eigenvalue weighted by atomic mass is 9.74. The summed E-state index contributed by atoms with van der Waals surface area (Å²) in [6.45, 7) is 0. The van der Waals surface area contributed by atoms with Crippen molar-refractivity contribution in [2.24, 2.45) is 0 Å². The summed E-state index contributed by atoms with van der Waals surface area (Å²) < 4.78 is 0. The van der Waals surface area contributed by atoms with Gasteiger partial charge in [0.05, 0.1) is 12.0 Å². The van der Waals surface area contributed by atoms with E-state index in [0.717, 1.165) is 12.0 Å². The van der Waals surface area contributed by atoms with Gasteiger partial charge in [-0.25, -0.2) is 0 Å². The average molecular weight is 275 g/mol. The fourth-order valence-electron chi connectivity index (χ4n) is 2.30. The van der Waals surface area contributed by atoms with Crippen LogP contribution in [0, 0.1) is 0 Å². The number of hydrogen-bond acceptors (Lipinski definition) is 3. The van der Waals surface area contributed by atoms with Crippen molar-refractivity contribution in [1.82, 2.24) is 5.32 Å². The Bertz CT molecular complexity index is 529. The van der Waals surface area contributed by atoms with E-state index in [-0.39, 0.29) is 18.1 Å². The number of carboxylic acids is 1. The number of carbonyl (C=O) groups is 2. The SMILES string of the molecule is O=C(O)CC1(NC(=O)C=Cc2ccc(O)cc2)CCC1. The summed E-state index contributed by atoms with van der Waals surface area (Å²) in [4.78, 5) is 22.6. The van der Waals surface area contributed by atoms with Crippen molar-refractivity contribution in [2.75, 3.05) is 0 Å². The van der Waals surface area contributed by atoms with E-state index in [9.17, 15) is 9.59 Å². The van der Waals surface area contributed by atoms with Crippen LogP contribution in [0.5, 0.6) is 5.75 Å². The van der Waals surface area contributed by atoms with E-state index in [0.29, 0.717) is 12.8 Å². The molecule has 0 aromatic heterocycles. The minimum absolute atomic E-state index is 0.0359. The monoisotopic (exact) mass is 275 g/mol. The fraction of sp³-hybridized carbons (Fsp3) is 0.333. The van der Waals surface area contributed by atoms with Crippen molar-refractivity contribution in [3.05, 3.63) is 35.9 Å². The van der Waals surface area contributed by atoms with Crippen LogP contribution in [0.1, 0.15) is 31.2 Å². The van der Waals surface area contributed by atoms with Crippen LogP contribution >= 0.6 is 0 Å². The van der Waals surface area contributed by atoms with Crippen molar-refractivity contribution < 1.29 is 19.8 Å². The summed E-state index contributed by atoms with van der Waals surface area (Å²) in [5.41, 5.74) is 0.209. The highest BCUT2D eigenvalue weighted by Gasteiger charge is 2.39. The minimum atomic E-state index is -0.896. The van der Waals surface area contributed by atoms with Crippen LogP contribution in [0.2, 0.25) is 0 Å². The van der Waals surface area contributed by atoms with Gasteiger partial charge < -0.3 is 15.5 Å². The number of carboxylic acid groups (broad SMARTS) is 1. The number of aliphatic carboxylic acids is 1. The van der Waals surface area contributed by atoms with Gasteiger partial charge in [0.15, 0.2) is 0 Å². The van der Waals surface area contributed by atoms with Gasteiger partial charge in [0.2, 0.25) is 5.91 Å². The number of nitrogens with one attached hydrogen (secondary N) is 1. The first-order valence-corrected chi connectivity index (χ1v) is 6.50. The summed E-state index contributed by atoms with van der Waals surface area (Å²) in [5.74, 6) is -1.02. The molecule has 3 N–H and O–H groups in total. The van der Waals surface area contributed by atoms with E-state index < -0.39 is 11.5 Å². The maximum Gasteiger partial charge on any atom is 0.305 e. The third kappa shape index (κ3) is 3.60. The predicted molar refractivity (Wildman–Crippen MR) is 74.1 cm³/mol. The van der Waals surface area contributed by atoms with Gasteiger partial charge in [-0.2, -0.15) is 0 Å². The van der Waals surface area contributed by atoms with Gasteiger partial charge in [-0.1, -0.05) is 12.1 Å². The standard InChI is InChI=1S/C15H17NO4/c17-12-5-2-11(3-6-12)4-7-13(18)16-15(8-1-9-15)10-14(19)20/h2-7,17H,1,8-10H2,(H,16,18)(H,19,20). The van der Waals surface area contributed by atoms with E-state index in [1.165, 1.54) is 18.2 Å². The van der Waals surface area contributed by atoms with Crippen LogP contribution < -0.4 is 5.32 Å². The Kier molecular flexibility index (Phi) is 4.08. The lowest BCUT2D eigenvalue weighted by Gasteiger charge is -2.41. The van der Waals surface area contributed by atoms with Gasteiger partial charge in [0, 0.05) is 6.08 Å². The molecule has 1 aliphatic carbocycles. The Morgan fingerprint density at radius 2 is 1.90 bits per heavy atom. The molecule has 1 aromatic rings. The molecule has 2 rings (SSSR count). The van der Waals surface area contributed by atoms with Gasteiger partial charge >= 0.3 is 5.97 Å². The van der Waals surface area contributed by atoms with Crippen LogP contribution in [0.3, 0.4) is 0 Å². The molecule has 0 saturated heterocycles. The van der Waals surface area contributed by atoms with Crippen LogP contribution in [0.15, 0.2) is 30.3 Å². The molecule has 1 aromatic carbocycles. The van der Waals surface area contributed by atoms with Gasteiger partial charge in [0.1, 0.15) is 5.75 Å². The second-order valence-electron chi connectivity index (χ2n) is 5.12. The average Bonchev–Trinajstić information content (AvgIpc) is 2.35. The molecular weight excluding hydrogens is 258 g/mol. The Morgan fingerprint density at radius 3 is 2.40 bits per heavy atom. The molecule has 0 radical (unpaired) electrons. The third-order valence-corrected chi connectivity index (χ3v) is 3.51. The van der Waals surface area contributed by atoms with E-state index in [4.69, 9.17) is 10.2 Å². The highest BCUT2D eigenvalue weighted by Crippen LogP contribution is 2.34. The summed E-state index contributed by atoms with van der Waals surface area (Å²) in [7, 11) is 0. The van der Waals surface area contributed by atoms with Crippen LogP contribution in [0.4, 0.5) is 0 Å². The zero-order valence-electron chi connectivity index (χ0n) is 11.0. The van der Waals surface area contributed by atoms with Gasteiger partial charge in [0.25, 0.3) is 0 Å². The molecule has 0 aliphatic heterocycles. The van der Waals surface area contributed by atoms with Crippen LogP contribution in [-0.4, -0.2) is 27.6 Å². The molecule has 1 aliphatic rings. The summed E-state index contributed by atoms with van der Waals surface area (Å²) in [5, 5.41) is 20.8. The highest BCUT2D eigenvalue weighted by molar-refractivity contribution is 5.92. The number of phenolic OH excluding ortho intramolecular Hbond substituents is 1. The number of benzene rings is 1. The number of aromatic hydroxyl groups is 1. The second-order valence-corrected chi connectivity index (χ2v) is 5.12. The summed E-state index contributed by atoms with van der Waals surface area (Å²) in [6, 6.07) is 6.45. The van der Waals surface area contributed by atoms with Gasteiger partial charge in [-0.05, 0) is 43.0 Å². The lowest BCUT2D eigenvalue weighted by molar-refractivity contribution is -0.140. The highest BCUT2D eigenvalue weighted by atomic mass is 16.4. The van der Waals surface area contributed by atoms with E-state index in [1.807, 2.05) is 0 Å². The molecule has 1 amide bonds.